The van der Waals surface area contributed by atoms with Gasteiger partial charge in [-0.05, 0) is 30.8 Å². The van der Waals surface area contributed by atoms with Crippen LogP contribution in [0.4, 0.5) is 0 Å². The van der Waals surface area contributed by atoms with E-state index in [2.05, 4.69) is 15.6 Å². The summed E-state index contributed by atoms with van der Waals surface area (Å²) in [6.45, 7) is 1.69. The minimum absolute atomic E-state index is 0.227. The molecule has 0 aliphatic carbocycles. The summed E-state index contributed by atoms with van der Waals surface area (Å²) in [7, 11) is 1.51. The summed E-state index contributed by atoms with van der Waals surface area (Å²) in [6.07, 6.45) is 0. The van der Waals surface area contributed by atoms with Gasteiger partial charge < -0.3 is 9.15 Å². The van der Waals surface area contributed by atoms with Crippen molar-refractivity contribution in [1.29, 1.82) is 0 Å². The second-order valence-corrected chi connectivity index (χ2v) is 6.18. The Morgan fingerprint density at radius 3 is 3.00 bits per heavy atom. The lowest BCUT2D eigenvalue weighted by molar-refractivity contribution is -0.129. The number of carbonyl (C=O) groups is 1. The molecule has 1 N–H and O–H groups in total. The van der Waals surface area contributed by atoms with Crippen LogP contribution in [-0.4, -0.2) is 34.3 Å². The number of nitrogens with zero attached hydrogens (tertiary/aromatic N) is 3. The van der Waals surface area contributed by atoms with Gasteiger partial charge in [-0.3, -0.25) is 10.2 Å². The molecular weight excluding hydrogens is 332 g/mol. The second-order valence-electron chi connectivity index (χ2n) is 5.23. The number of methoxy groups -OCH3 is 1. The van der Waals surface area contributed by atoms with E-state index in [0.29, 0.717) is 26.9 Å². The minimum Gasteiger partial charge on any atom is -0.493 e. The number of fused-ring (bicyclic) bond motifs is 2. The molecule has 0 bridgehead atoms. The molecule has 0 radical (unpaired) electrons. The van der Waals surface area contributed by atoms with E-state index in [4.69, 9.17) is 9.15 Å². The highest BCUT2D eigenvalue weighted by Gasteiger charge is 2.36. The Kier molecular flexibility index (Phi) is 3.31. The Labute approximate surface area is 140 Å². The molecule has 1 aromatic carbocycles. The van der Waals surface area contributed by atoms with Gasteiger partial charge >= 0.3 is 5.63 Å². The number of amides is 1. The monoisotopic (exact) mass is 344 g/mol. The summed E-state index contributed by atoms with van der Waals surface area (Å²) >= 11 is 1.14. The topological polar surface area (TPSA) is 96.5 Å². The molecule has 9 heteroatoms. The number of ether oxygens (including phenoxy) is 1. The maximum atomic E-state index is 12.4. The fourth-order valence-corrected chi connectivity index (χ4v) is 3.29. The first kappa shape index (κ1) is 14.8. The number of rotatable bonds is 2. The van der Waals surface area contributed by atoms with E-state index in [9.17, 15) is 9.59 Å². The van der Waals surface area contributed by atoms with Crippen LogP contribution in [0.3, 0.4) is 0 Å². The second kappa shape index (κ2) is 5.38. The molecule has 0 saturated heterocycles. The molecule has 1 atom stereocenters. The van der Waals surface area contributed by atoms with Gasteiger partial charge in [0.2, 0.25) is 5.17 Å². The zero-order valence-corrected chi connectivity index (χ0v) is 13.6. The highest BCUT2D eigenvalue weighted by atomic mass is 32.2. The van der Waals surface area contributed by atoms with Gasteiger partial charge in [0.15, 0.2) is 11.3 Å². The molecule has 0 fully saturated rings. The molecule has 122 valence electrons. The smallest absolute Gasteiger partial charge is 0.346 e. The highest BCUT2D eigenvalue weighted by Crippen LogP contribution is 2.29. The largest absolute Gasteiger partial charge is 0.493 e. The van der Waals surface area contributed by atoms with Gasteiger partial charge in [-0.15, -0.1) is 0 Å². The van der Waals surface area contributed by atoms with Crippen molar-refractivity contribution < 1.29 is 13.9 Å². The number of hydrazone groups is 2. The Bertz CT molecular complexity index is 981. The van der Waals surface area contributed by atoms with Crippen molar-refractivity contribution in [2.45, 2.75) is 13.0 Å². The molecule has 0 saturated carbocycles. The van der Waals surface area contributed by atoms with Crippen LogP contribution in [0.25, 0.3) is 11.0 Å². The number of carbonyl (C=O) groups excluding carboxylic acids is 1. The van der Waals surface area contributed by atoms with Gasteiger partial charge in [0.25, 0.3) is 5.91 Å². The molecule has 24 heavy (non-hydrogen) atoms. The third-order valence-corrected chi connectivity index (χ3v) is 4.61. The maximum absolute atomic E-state index is 12.4. The molecule has 1 unspecified atom stereocenters. The Hall–Kier alpha value is -2.81. The van der Waals surface area contributed by atoms with Gasteiger partial charge in [0.1, 0.15) is 11.1 Å². The van der Waals surface area contributed by atoms with Crippen LogP contribution in [0, 0.1) is 0 Å². The van der Waals surface area contributed by atoms with Crippen LogP contribution in [0.5, 0.6) is 5.75 Å². The number of benzene rings is 1. The molecule has 1 aromatic heterocycles. The lowest BCUT2D eigenvalue weighted by Gasteiger charge is -2.21. The first-order valence-electron chi connectivity index (χ1n) is 7.13. The van der Waals surface area contributed by atoms with Gasteiger partial charge in [-0.2, -0.15) is 15.2 Å². The van der Waals surface area contributed by atoms with Crippen molar-refractivity contribution in [1.82, 2.24) is 10.4 Å². The van der Waals surface area contributed by atoms with Crippen molar-refractivity contribution in [2.75, 3.05) is 7.11 Å². The van der Waals surface area contributed by atoms with Crippen LogP contribution in [0.15, 0.2) is 43.7 Å². The first-order valence-corrected chi connectivity index (χ1v) is 7.95. The van der Waals surface area contributed by atoms with E-state index in [1.54, 1.807) is 25.1 Å². The standard InChI is InChI=1S/C15H12N4O4S/c1-7-13(20)19-15(17-16-7)24-12(18-19)9-6-8-4-3-5-10(22-2)11(8)23-14(9)21/h3-7,16H,1-2H3. The number of hydrogen-bond acceptors (Lipinski definition) is 8. The van der Waals surface area contributed by atoms with Crippen LogP contribution >= 0.6 is 11.8 Å². The fraction of sp³-hybridized carbons (Fsp3) is 0.200. The normalized spacial score (nSPS) is 19.7. The van der Waals surface area contributed by atoms with Crippen LogP contribution in [0.1, 0.15) is 12.5 Å². The predicted octanol–water partition coefficient (Wildman–Crippen LogP) is 1.30. The number of para-hydroxylation sites is 1. The Morgan fingerprint density at radius 2 is 2.21 bits per heavy atom. The number of thioether (sulfide) groups is 1. The molecule has 2 aliphatic rings. The molecule has 2 aliphatic heterocycles. The number of amidine groups is 1. The summed E-state index contributed by atoms with van der Waals surface area (Å²) in [5, 5.41) is 11.0. The van der Waals surface area contributed by atoms with Crippen LogP contribution < -0.4 is 15.8 Å². The van der Waals surface area contributed by atoms with E-state index in [1.807, 2.05) is 6.07 Å². The van der Waals surface area contributed by atoms with E-state index in [-0.39, 0.29) is 11.5 Å². The molecule has 2 aromatic rings. The van der Waals surface area contributed by atoms with Gasteiger partial charge in [-0.1, -0.05) is 12.1 Å². The summed E-state index contributed by atoms with van der Waals surface area (Å²) in [6, 6.07) is 6.54. The zero-order valence-electron chi connectivity index (χ0n) is 12.8. The molecule has 8 nitrogen and oxygen atoms in total. The maximum Gasteiger partial charge on any atom is 0.346 e. The zero-order chi connectivity index (χ0) is 16.8. The number of nitrogens with one attached hydrogen (secondary N) is 1. The third-order valence-electron chi connectivity index (χ3n) is 3.67. The van der Waals surface area contributed by atoms with Crippen LogP contribution in [0.2, 0.25) is 0 Å². The van der Waals surface area contributed by atoms with Crippen molar-refractivity contribution in [2.24, 2.45) is 10.2 Å². The third kappa shape index (κ3) is 2.16. The van der Waals surface area contributed by atoms with Crippen molar-refractivity contribution in [3.8, 4) is 5.75 Å². The Balaban J connectivity index is 1.82. The van der Waals surface area contributed by atoms with Gasteiger partial charge in [0, 0.05) is 5.39 Å². The van der Waals surface area contributed by atoms with E-state index >= 15 is 0 Å². The lowest BCUT2D eigenvalue weighted by Crippen LogP contribution is -2.46. The molecule has 4 rings (SSSR count). The van der Waals surface area contributed by atoms with E-state index in [0.717, 1.165) is 11.8 Å². The number of hydrogen-bond donors (Lipinski definition) is 1. The van der Waals surface area contributed by atoms with Gasteiger partial charge in [0.05, 0.1) is 12.7 Å². The summed E-state index contributed by atoms with van der Waals surface area (Å²) in [5.74, 6) is 0.251. The summed E-state index contributed by atoms with van der Waals surface area (Å²) in [4.78, 5) is 24.5. The lowest BCUT2D eigenvalue weighted by atomic mass is 10.2. The van der Waals surface area contributed by atoms with Gasteiger partial charge in [-0.25, -0.2) is 4.79 Å². The molecule has 1 amide bonds. The summed E-state index contributed by atoms with van der Waals surface area (Å²) in [5.41, 5.74) is 2.82. The van der Waals surface area contributed by atoms with Crippen molar-refractivity contribution in [3.63, 3.8) is 0 Å². The van der Waals surface area contributed by atoms with Crippen molar-refractivity contribution >= 4 is 38.8 Å². The first-order chi connectivity index (χ1) is 11.6. The minimum atomic E-state index is -0.549. The molecule has 3 heterocycles. The average molecular weight is 344 g/mol. The molecular formula is C15H12N4O4S. The molecule has 0 spiro atoms. The fourth-order valence-electron chi connectivity index (χ4n) is 2.42. The van der Waals surface area contributed by atoms with Crippen LogP contribution in [-0.2, 0) is 4.79 Å². The summed E-state index contributed by atoms with van der Waals surface area (Å²) < 4.78 is 10.6. The SMILES string of the molecule is COc1cccc2cc(C3=NN4C(=O)C(C)NN=C4S3)c(=O)oc12. The van der Waals surface area contributed by atoms with E-state index < -0.39 is 11.7 Å². The highest BCUT2D eigenvalue weighted by molar-refractivity contribution is 8.27. The van der Waals surface area contributed by atoms with Crippen molar-refractivity contribution in [3.05, 3.63) is 40.2 Å². The quantitative estimate of drug-likeness (QED) is 0.825. The van der Waals surface area contributed by atoms with E-state index in [1.165, 1.54) is 12.1 Å². The average Bonchev–Trinajstić information content (AvgIpc) is 3.02. The predicted molar refractivity (Wildman–Crippen MR) is 90.0 cm³/mol. The Morgan fingerprint density at radius 1 is 1.38 bits per heavy atom.